The monoisotopic (exact) mass is 372 g/mol. The Morgan fingerprint density at radius 1 is 0.737 bits per heavy atom. The molecule has 0 radical (unpaired) electrons. The summed E-state index contributed by atoms with van der Waals surface area (Å²) >= 11 is -1.15. The van der Waals surface area contributed by atoms with Gasteiger partial charge in [-0.3, -0.25) is 0 Å². The van der Waals surface area contributed by atoms with Gasteiger partial charge in [0.25, 0.3) is 0 Å². The number of hydrogen-bond donors (Lipinski definition) is 0. The molecule has 0 saturated carbocycles. The molecule has 0 aromatic carbocycles. The fourth-order valence-corrected chi connectivity index (χ4v) is 12.0. The zero-order valence-corrected chi connectivity index (χ0v) is 17.5. The quantitative estimate of drug-likeness (QED) is 0.483. The van der Waals surface area contributed by atoms with E-state index in [1.807, 2.05) is 0 Å². The van der Waals surface area contributed by atoms with E-state index in [9.17, 15) is 0 Å². The topological polar surface area (TPSA) is 6.48 Å². The summed E-state index contributed by atoms with van der Waals surface area (Å²) in [6.07, 6.45) is 5.68. The predicted octanol–water partition coefficient (Wildman–Crippen LogP) is 3.96. The Kier molecular flexibility index (Phi) is 14.3. The van der Waals surface area contributed by atoms with Crippen LogP contribution in [0, 0.1) is 0 Å². The molecule has 0 spiro atoms. The number of hydrogen-bond acceptors (Lipinski definition) is 2. The van der Waals surface area contributed by atoms with E-state index in [-0.39, 0.29) is 0 Å². The van der Waals surface area contributed by atoms with Crippen molar-refractivity contribution in [3.8, 4) is 0 Å². The summed E-state index contributed by atoms with van der Waals surface area (Å²) in [5, 5.41) is 0. The molecular formula is C16H37InN2. The van der Waals surface area contributed by atoms with E-state index in [0.29, 0.717) is 0 Å². The molecule has 3 heteroatoms. The van der Waals surface area contributed by atoms with Crippen molar-refractivity contribution in [2.24, 2.45) is 0 Å². The Balaban J connectivity index is 3.79. The molecule has 0 rings (SSSR count). The van der Waals surface area contributed by atoms with Gasteiger partial charge in [0.15, 0.2) is 0 Å². The van der Waals surface area contributed by atoms with Crippen molar-refractivity contribution in [1.29, 1.82) is 0 Å². The molecule has 0 aliphatic rings. The summed E-state index contributed by atoms with van der Waals surface area (Å²) in [6, 6.07) is 0. The summed E-state index contributed by atoms with van der Waals surface area (Å²) in [4.78, 5) is 4.98. The van der Waals surface area contributed by atoms with Crippen LogP contribution in [0.3, 0.4) is 0 Å². The second kappa shape index (κ2) is 13.8. The van der Waals surface area contributed by atoms with Gasteiger partial charge in [-0.2, -0.15) is 0 Å². The third-order valence-electron chi connectivity index (χ3n) is 3.99. The molecule has 0 saturated heterocycles. The Hall–Kier alpha value is 0.790. The van der Waals surface area contributed by atoms with Gasteiger partial charge in [0.2, 0.25) is 0 Å². The average Bonchev–Trinajstić information content (AvgIpc) is 2.37. The predicted molar refractivity (Wildman–Crippen MR) is 90.7 cm³/mol. The molecule has 114 valence electrons. The molecule has 0 heterocycles. The Bertz CT molecular complexity index is 186. The van der Waals surface area contributed by atoms with Crippen molar-refractivity contribution >= 4 is 21.4 Å². The summed E-state index contributed by atoms with van der Waals surface area (Å²) < 4.78 is 4.91. The average molecular weight is 372 g/mol. The van der Waals surface area contributed by atoms with E-state index < -0.39 is 21.4 Å². The summed E-state index contributed by atoms with van der Waals surface area (Å²) in [5.41, 5.74) is 0. The molecule has 0 aromatic rings. The van der Waals surface area contributed by atoms with Crippen molar-refractivity contribution < 1.29 is 0 Å². The summed E-state index contributed by atoms with van der Waals surface area (Å²) in [5.74, 6) is 0. The fourth-order valence-electron chi connectivity index (χ4n) is 2.89. The zero-order chi connectivity index (χ0) is 14.5. The van der Waals surface area contributed by atoms with Gasteiger partial charge < -0.3 is 0 Å². The van der Waals surface area contributed by atoms with Crippen LogP contribution in [0.15, 0.2) is 0 Å². The summed E-state index contributed by atoms with van der Waals surface area (Å²) in [6.45, 7) is 12.2. The number of rotatable bonds is 13. The Morgan fingerprint density at radius 3 is 1.84 bits per heavy atom. The first-order valence-corrected chi connectivity index (χ1v) is 15.5. The minimum absolute atomic E-state index is 1.15. The van der Waals surface area contributed by atoms with E-state index >= 15 is 0 Å². The first-order valence-electron chi connectivity index (χ1n) is 8.51. The first-order chi connectivity index (χ1) is 9.13. The van der Waals surface area contributed by atoms with Gasteiger partial charge in [0, 0.05) is 0 Å². The molecular weight excluding hydrogens is 335 g/mol. The second-order valence-corrected chi connectivity index (χ2v) is 16.1. The van der Waals surface area contributed by atoms with E-state index in [4.69, 9.17) is 0 Å². The van der Waals surface area contributed by atoms with Crippen molar-refractivity contribution in [3.05, 3.63) is 0 Å². The van der Waals surface area contributed by atoms with E-state index in [1.165, 1.54) is 51.9 Å². The van der Waals surface area contributed by atoms with Crippen molar-refractivity contribution in [1.82, 2.24) is 9.80 Å². The molecule has 0 amide bonds. The molecule has 0 aliphatic carbocycles. The van der Waals surface area contributed by atoms with Crippen LogP contribution < -0.4 is 0 Å². The van der Waals surface area contributed by atoms with Gasteiger partial charge in [0.1, 0.15) is 0 Å². The van der Waals surface area contributed by atoms with Gasteiger partial charge in [-0.15, -0.1) is 0 Å². The molecule has 19 heavy (non-hydrogen) atoms. The normalized spacial score (nSPS) is 11.5. The molecule has 0 aliphatic heterocycles. The first kappa shape index (κ1) is 19.8. The Morgan fingerprint density at radius 2 is 1.37 bits per heavy atom. The number of nitrogens with zero attached hydrogens (tertiary/aromatic N) is 2. The molecule has 2 nitrogen and oxygen atoms in total. The van der Waals surface area contributed by atoms with Gasteiger partial charge in [-0.25, -0.2) is 0 Å². The van der Waals surface area contributed by atoms with Gasteiger partial charge >= 0.3 is 130 Å². The molecule has 0 bridgehead atoms. The molecule has 0 N–H and O–H groups in total. The summed E-state index contributed by atoms with van der Waals surface area (Å²) in [7, 11) is 4.41. The van der Waals surface area contributed by atoms with E-state index in [0.717, 1.165) is 0 Å². The van der Waals surface area contributed by atoms with Crippen molar-refractivity contribution in [2.75, 3.05) is 40.3 Å². The second-order valence-electron chi connectivity index (χ2n) is 6.18. The minimum atomic E-state index is -1.15. The maximum absolute atomic E-state index is 2.63. The zero-order valence-electron chi connectivity index (χ0n) is 14.2. The van der Waals surface area contributed by atoms with Gasteiger partial charge in [-0.1, -0.05) is 0 Å². The fraction of sp³-hybridized carbons (Fsp3) is 1.00. The molecule has 0 atom stereocenters. The van der Waals surface area contributed by atoms with Crippen LogP contribution in [0.4, 0.5) is 0 Å². The van der Waals surface area contributed by atoms with Crippen LogP contribution in [-0.4, -0.2) is 71.5 Å². The molecule has 0 unspecified atom stereocenters. The maximum atomic E-state index is 2.63. The van der Waals surface area contributed by atoms with Crippen LogP contribution in [0.1, 0.15) is 46.5 Å². The van der Waals surface area contributed by atoms with Crippen LogP contribution in [-0.2, 0) is 0 Å². The van der Waals surface area contributed by atoms with E-state index in [2.05, 4.69) is 44.7 Å². The van der Waals surface area contributed by atoms with Crippen LogP contribution >= 0.6 is 0 Å². The van der Waals surface area contributed by atoms with Crippen LogP contribution in [0.25, 0.3) is 0 Å². The SMILES string of the molecule is CCCN(CC)CC[CH2][In]([CH2]CC)[CH2]CCN(C)C. The molecule has 0 fully saturated rings. The van der Waals surface area contributed by atoms with Crippen molar-refractivity contribution in [3.63, 3.8) is 0 Å². The third kappa shape index (κ3) is 12.3. The standard InChI is InChI=1S/C8H18N.C5H12N.C3H7.In/c1-4-7-9(6-3)8-5-2;1-4-5-6(2)3;1-3-2;/h1,4-8H2,2-3H3;1,4-5H2,2-3H3;1,3H2,2H3;. The van der Waals surface area contributed by atoms with E-state index in [1.54, 1.807) is 12.5 Å². The third-order valence-corrected chi connectivity index (χ3v) is 15.0. The molecule has 0 aromatic heterocycles. The van der Waals surface area contributed by atoms with Gasteiger partial charge in [0.05, 0.1) is 0 Å². The van der Waals surface area contributed by atoms with Crippen molar-refractivity contribution in [2.45, 2.75) is 59.0 Å². The van der Waals surface area contributed by atoms with Crippen LogP contribution in [0.5, 0.6) is 0 Å². The van der Waals surface area contributed by atoms with Crippen LogP contribution in [0.2, 0.25) is 12.5 Å². The van der Waals surface area contributed by atoms with Gasteiger partial charge in [-0.05, 0) is 0 Å². The Labute approximate surface area is 130 Å².